The zero-order valence-electron chi connectivity index (χ0n) is 11.2. The van der Waals surface area contributed by atoms with Crippen molar-refractivity contribution >= 4 is 28.4 Å². The van der Waals surface area contributed by atoms with Crippen molar-refractivity contribution in [3.63, 3.8) is 0 Å². The first kappa shape index (κ1) is 15.7. The Balaban J connectivity index is 2.53. The maximum atomic E-state index is 14.1. The van der Waals surface area contributed by atoms with Crippen molar-refractivity contribution in [2.24, 2.45) is 0 Å². The third-order valence-electron chi connectivity index (χ3n) is 2.89. The first-order chi connectivity index (χ1) is 9.97. The fourth-order valence-electron chi connectivity index (χ4n) is 1.85. The second-order valence-electron chi connectivity index (χ2n) is 4.14. The fourth-order valence-corrected chi connectivity index (χ4v) is 2.57. The van der Waals surface area contributed by atoms with Gasteiger partial charge in [-0.25, -0.2) is 8.78 Å². The maximum Gasteiger partial charge on any atom is 0.197 e. The van der Waals surface area contributed by atoms with Crippen LogP contribution in [0.1, 0.15) is 15.9 Å². The number of hydrogen-bond donors (Lipinski definition) is 0. The average Bonchev–Trinajstić information content (AvgIpc) is 2.46. The second kappa shape index (κ2) is 6.38. The van der Waals surface area contributed by atoms with Gasteiger partial charge in [-0.3, -0.25) is 4.79 Å². The summed E-state index contributed by atoms with van der Waals surface area (Å²) in [5.74, 6) is -1.28. The summed E-state index contributed by atoms with van der Waals surface area (Å²) in [6.07, 6.45) is 0. The van der Waals surface area contributed by atoms with Crippen molar-refractivity contribution in [1.82, 2.24) is 0 Å². The van der Waals surface area contributed by atoms with Crippen LogP contribution in [0.25, 0.3) is 0 Å². The normalized spacial score (nSPS) is 10.3. The van der Waals surface area contributed by atoms with Crippen molar-refractivity contribution < 1.29 is 23.0 Å². The average molecular weight is 404 g/mol. The van der Waals surface area contributed by atoms with Gasteiger partial charge in [0.1, 0.15) is 11.6 Å². The minimum atomic E-state index is -0.724. The van der Waals surface area contributed by atoms with Crippen LogP contribution in [0.2, 0.25) is 0 Å². The van der Waals surface area contributed by atoms with Gasteiger partial charge in [0.05, 0.1) is 19.8 Å². The number of carbonyl (C=O) groups is 1. The van der Waals surface area contributed by atoms with Gasteiger partial charge in [-0.15, -0.1) is 0 Å². The van der Waals surface area contributed by atoms with Gasteiger partial charge >= 0.3 is 0 Å². The summed E-state index contributed by atoms with van der Waals surface area (Å²) in [7, 11) is 2.77. The van der Waals surface area contributed by atoms with Crippen LogP contribution in [-0.2, 0) is 0 Å². The molecule has 2 rings (SSSR count). The van der Waals surface area contributed by atoms with E-state index in [2.05, 4.69) is 0 Å². The molecule has 2 aromatic rings. The maximum absolute atomic E-state index is 14.1. The molecule has 0 spiro atoms. The van der Waals surface area contributed by atoms with E-state index >= 15 is 0 Å². The van der Waals surface area contributed by atoms with E-state index in [4.69, 9.17) is 9.47 Å². The quantitative estimate of drug-likeness (QED) is 0.575. The number of benzene rings is 2. The summed E-state index contributed by atoms with van der Waals surface area (Å²) >= 11 is 1.83. The highest BCUT2D eigenvalue weighted by molar-refractivity contribution is 14.1. The Kier molecular flexibility index (Phi) is 4.76. The molecule has 2 aromatic carbocycles. The van der Waals surface area contributed by atoms with Crippen molar-refractivity contribution in [1.29, 1.82) is 0 Å². The zero-order chi connectivity index (χ0) is 15.6. The molecule has 0 fully saturated rings. The topological polar surface area (TPSA) is 35.5 Å². The predicted octanol–water partition coefficient (Wildman–Crippen LogP) is 3.82. The monoisotopic (exact) mass is 404 g/mol. The lowest BCUT2D eigenvalue weighted by Crippen LogP contribution is -2.08. The van der Waals surface area contributed by atoms with Crippen LogP contribution >= 0.6 is 22.6 Å². The van der Waals surface area contributed by atoms with Gasteiger partial charge in [0.15, 0.2) is 17.3 Å². The van der Waals surface area contributed by atoms with Crippen LogP contribution in [0.3, 0.4) is 0 Å². The molecule has 0 aliphatic carbocycles. The third kappa shape index (κ3) is 3.15. The smallest absolute Gasteiger partial charge is 0.197 e. The Bertz CT molecular complexity index is 702. The number of hydrogen-bond acceptors (Lipinski definition) is 3. The molecule has 0 aromatic heterocycles. The van der Waals surface area contributed by atoms with E-state index in [1.807, 2.05) is 22.6 Å². The summed E-state index contributed by atoms with van der Waals surface area (Å²) < 4.78 is 37.6. The molecule has 0 unspecified atom stereocenters. The van der Waals surface area contributed by atoms with Gasteiger partial charge in [-0.2, -0.15) is 0 Å². The lowest BCUT2D eigenvalue weighted by molar-refractivity contribution is 0.103. The first-order valence-electron chi connectivity index (χ1n) is 5.89. The zero-order valence-corrected chi connectivity index (χ0v) is 13.4. The molecule has 0 radical (unpaired) electrons. The summed E-state index contributed by atoms with van der Waals surface area (Å²) in [5, 5.41) is 0. The molecule has 21 heavy (non-hydrogen) atoms. The number of halogens is 3. The molecule has 0 atom stereocenters. The van der Waals surface area contributed by atoms with Crippen LogP contribution < -0.4 is 9.47 Å². The molecule has 0 saturated heterocycles. The van der Waals surface area contributed by atoms with Crippen LogP contribution in [0.5, 0.6) is 11.5 Å². The summed E-state index contributed by atoms with van der Waals surface area (Å²) in [6.45, 7) is 0. The highest BCUT2D eigenvalue weighted by Crippen LogP contribution is 2.31. The minimum Gasteiger partial charge on any atom is -0.493 e. The summed E-state index contributed by atoms with van der Waals surface area (Å²) in [6, 6.07) is 6.06. The van der Waals surface area contributed by atoms with E-state index in [0.29, 0.717) is 3.57 Å². The fraction of sp³-hybridized carbons (Fsp3) is 0.133. The summed E-state index contributed by atoms with van der Waals surface area (Å²) in [4.78, 5) is 12.4. The van der Waals surface area contributed by atoms with Gasteiger partial charge in [0.2, 0.25) is 0 Å². The molecule has 0 aliphatic heterocycles. The van der Waals surface area contributed by atoms with Crippen LogP contribution in [-0.4, -0.2) is 20.0 Å². The number of methoxy groups -OCH3 is 2. The molecule has 0 N–H and O–H groups in total. The number of ether oxygens (including phenoxy) is 2. The number of carbonyl (C=O) groups excluding carboxylic acids is 1. The van der Waals surface area contributed by atoms with Crippen LogP contribution in [0.15, 0.2) is 30.3 Å². The van der Waals surface area contributed by atoms with E-state index in [9.17, 15) is 13.6 Å². The van der Waals surface area contributed by atoms with E-state index in [1.165, 1.54) is 32.4 Å². The van der Waals surface area contributed by atoms with Crippen LogP contribution in [0, 0.1) is 15.2 Å². The molecular formula is C15H11F2IO3. The van der Waals surface area contributed by atoms with Crippen molar-refractivity contribution in [2.75, 3.05) is 14.2 Å². The van der Waals surface area contributed by atoms with Gasteiger partial charge in [0, 0.05) is 15.2 Å². The molecule has 0 amide bonds. The molecule has 0 saturated carbocycles. The summed E-state index contributed by atoms with van der Waals surface area (Å²) in [5.41, 5.74) is 0.0697. The predicted molar refractivity (Wildman–Crippen MR) is 82.1 cm³/mol. The third-order valence-corrected chi connectivity index (χ3v) is 3.79. The van der Waals surface area contributed by atoms with Crippen molar-refractivity contribution in [2.45, 2.75) is 0 Å². The standard InChI is InChI=1S/C15H11F2IO3/c1-20-13-6-10(11(17)7-14(13)21-2)15(19)9-4-3-8(16)5-12(9)18/h3-7H,1-2H3. The van der Waals surface area contributed by atoms with Crippen molar-refractivity contribution in [3.8, 4) is 11.5 Å². The Labute approximate surface area is 134 Å². The Morgan fingerprint density at radius 2 is 1.62 bits per heavy atom. The molecular weight excluding hydrogens is 393 g/mol. The Morgan fingerprint density at radius 3 is 2.19 bits per heavy atom. The lowest BCUT2D eigenvalue weighted by atomic mass is 10.0. The minimum absolute atomic E-state index is 0.155. The van der Waals surface area contributed by atoms with Gasteiger partial charge in [-0.1, -0.05) is 0 Å². The van der Waals surface area contributed by atoms with Crippen molar-refractivity contribution in [3.05, 3.63) is 56.7 Å². The first-order valence-corrected chi connectivity index (χ1v) is 6.97. The molecule has 6 heteroatoms. The number of rotatable bonds is 4. The highest BCUT2D eigenvalue weighted by Gasteiger charge is 2.20. The molecule has 110 valence electrons. The van der Waals surface area contributed by atoms with E-state index < -0.39 is 17.4 Å². The van der Waals surface area contributed by atoms with Gasteiger partial charge in [-0.05, 0) is 46.9 Å². The van der Waals surface area contributed by atoms with E-state index in [1.54, 1.807) is 0 Å². The van der Waals surface area contributed by atoms with Gasteiger partial charge in [0.25, 0.3) is 0 Å². The number of ketones is 1. The van der Waals surface area contributed by atoms with E-state index in [0.717, 1.165) is 12.1 Å². The largest absolute Gasteiger partial charge is 0.493 e. The van der Waals surface area contributed by atoms with E-state index in [-0.39, 0.29) is 22.6 Å². The van der Waals surface area contributed by atoms with Crippen LogP contribution in [0.4, 0.5) is 8.78 Å². The molecule has 0 aliphatic rings. The Hall–Kier alpha value is -1.70. The lowest BCUT2D eigenvalue weighted by Gasteiger charge is -2.11. The second-order valence-corrected chi connectivity index (χ2v) is 5.30. The highest BCUT2D eigenvalue weighted by atomic mass is 127. The van der Waals surface area contributed by atoms with Gasteiger partial charge < -0.3 is 9.47 Å². The Morgan fingerprint density at radius 1 is 1.00 bits per heavy atom. The SMILES string of the molecule is COc1cc(F)c(C(=O)c2ccc(F)cc2I)cc1OC. The molecule has 0 bridgehead atoms. The molecule has 0 heterocycles. The molecule has 3 nitrogen and oxygen atoms in total.